The average Bonchev–Trinajstić information content (AvgIpc) is 2.48. The monoisotopic (exact) mass is 343 g/mol. The van der Waals surface area contributed by atoms with Crippen LogP contribution in [-0.2, 0) is 6.18 Å². The SMILES string of the molecule is CNC(=O)c1c(Oc2ccc(F)nc2C)ncc(C(F)(F)F)c1C. The molecule has 2 rings (SSSR count). The number of hydrogen-bond donors (Lipinski definition) is 1. The van der Waals surface area contributed by atoms with Gasteiger partial charge in [-0.2, -0.15) is 17.6 Å². The first-order valence-corrected chi connectivity index (χ1v) is 6.75. The summed E-state index contributed by atoms with van der Waals surface area (Å²) < 4.78 is 57.4. The van der Waals surface area contributed by atoms with Crippen molar-refractivity contribution in [1.82, 2.24) is 15.3 Å². The third kappa shape index (κ3) is 3.44. The van der Waals surface area contributed by atoms with Gasteiger partial charge in [0.2, 0.25) is 11.8 Å². The van der Waals surface area contributed by atoms with Crippen molar-refractivity contribution in [3.8, 4) is 11.6 Å². The molecule has 1 amide bonds. The van der Waals surface area contributed by atoms with E-state index in [1.54, 1.807) is 0 Å². The van der Waals surface area contributed by atoms with E-state index in [0.717, 1.165) is 13.0 Å². The average molecular weight is 343 g/mol. The van der Waals surface area contributed by atoms with Gasteiger partial charge in [-0.25, -0.2) is 9.97 Å². The Bertz CT molecular complexity index is 791. The molecule has 0 spiro atoms. The van der Waals surface area contributed by atoms with E-state index in [1.165, 1.54) is 20.0 Å². The van der Waals surface area contributed by atoms with Crippen LogP contribution >= 0.6 is 0 Å². The molecule has 0 aliphatic heterocycles. The van der Waals surface area contributed by atoms with Gasteiger partial charge in [-0.15, -0.1) is 0 Å². The molecule has 0 saturated heterocycles. The van der Waals surface area contributed by atoms with Gasteiger partial charge < -0.3 is 10.1 Å². The number of hydrogen-bond acceptors (Lipinski definition) is 4. The van der Waals surface area contributed by atoms with Crippen molar-refractivity contribution in [2.45, 2.75) is 20.0 Å². The molecule has 2 aromatic rings. The Morgan fingerprint density at radius 1 is 1.25 bits per heavy atom. The molecule has 0 aliphatic rings. The third-order valence-corrected chi connectivity index (χ3v) is 3.27. The number of amides is 1. The maximum absolute atomic E-state index is 13.0. The Morgan fingerprint density at radius 3 is 2.46 bits per heavy atom. The highest BCUT2D eigenvalue weighted by Crippen LogP contribution is 2.36. The summed E-state index contributed by atoms with van der Waals surface area (Å²) in [4.78, 5) is 19.1. The summed E-state index contributed by atoms with van der Waals surface area (Å²) in [5, 5.41) is 2.25. The quantitative estimate of drug-likeness (QED) is 0.685. The number of nitrogens with zero attached hydrogens (tertiary/aromatic N) is 2. The molecule has 0 aliphatic carbocycles. The zero-order valence-corrected chi connectivity index (χ0v) is 13.0. The Morgan fingerprint density at radius 2 is 1.92 bits per heavy atom. The van der Waals surface area contributed by atoms with Crippen molar-refractivity contribution in [3.05, 3.63) is 46.7 Å². The van der Waals surface area contributed by atoms with Crippen LogP contribution in [-0.4, -0.2) is 22.9 Å². The molecule has 2 heterocycles. The molecule has 0 atom stereocenters. The van der Waals surface area contributed by atoms with Crippen molar-refractivity contribution in [1.29, 1.82) is 0 Å². The molecular weight excluding hydrogens is 330 g/mol. The smallest absolute Gasteiger partial charge is 0.418 e. The zero-order chi connectivity index (χ0) is 18.1. The van der Waals surface area contributed by atoms with Crippen LogP contribution in [0.25, 0.3) is 0 Å². The first-order chi connectivity index (χ1) is 11.1. The fourth-order valence-electron chi connectivity index (χ4n) is 2.06. The summed E-state index contributed by atoms with van der Waals surface area (Å²) in [6.45, 7) is 2.60. The molecule has 24 heavy (non-hydrogen) atoms. The standard InChI is InChI=1S/C15H13F4N3O2/c1-7-9(15(17,18)19)6-21-14(12(7)13(23)20-3)24-10-4-5-11(16)22-8(10)2/h4-6H,1-3H3,(H,20,23). The molecule has 128 valence electrons. The largest absolute Gasteiger partial charge is 0.436 e. The fraction of sp³-hybridized carbons (Fsp3) is 0.267. The predicted molar refractivity (Wildman–Crippen MR) is 76.4 cm³/mol. The summed E-state index contributed by atoms with van der Waals surface area (Å²) in [5.41, 5.74) is -1.55. The van der Waals surface area contributed by atoms with Crippen LogP contribution in [0.15, 0.2) is 18.3 Å². The van der Waals surface area contributed by atoms with Gasteiger partial charge in [0.25, 0.3) is 5.91 Å². The van der Waals surface area contributed by atoms with Crippen LogP contribution in [0.3, 0.4) is 0 Å². The number of carbonyl (C=O) groups excluding carboxylic acids is 1. The Kier molecular flexibility index (Phi) is 4.72. The summed E-state index contributed by atoms with van der Waals surface area (Å²) in [6.07, 6.45) is -4.07. The molecule has 2 aromatic heterocycles. The lowest BCUT2D eigenvalue weighted by Gasteiger charge is -2.16. The summed E-state index contributed by atoms with van der Waals surface area (Å²) in [6, 6.07) is 2.28. The second-order valence-corrected chi connectivity index (χ2v) is 4.87. The molecule has 0 radical (unpaired) electrons. The molecule has 0 unspecified atom stereocenters. The van der Waals surface area contributed by atoms with Gasteiger partial charge in [-0.05, 0) is 31.5 Å². The number of aromatic nitrogens is 2. The number of nitrogens with one attached hydrogen (secondary N) is 1. The van der Waals surface area contributed by atoms with E-state index in [9.17, 15) is 22.4 Å². The second-order valence-electron chi connectivity index (χ2n) is 4.87. The number of halogens is 4. The second kappa shape index (κ2) is 6.42. The highest BCUT2D eigenvalue weighted by molar-refractivity contribution is 5.98. The number of aryl methyl sites for hydroxylation is 1. The Hall–Kier alpha value is -2.71. The minimum absolute atomic E-state index is 0.0770. The van der Waals surface area contributed by atoms with E-state index in [0.29, 0.717) is 6.20 Å². The number of rotatable bonds is 3. The van der Waals surface area contributed by atoms with Crippen LogP contribution in [0, 0.1) is 19.8 Å². The highest BCUT2D eigenvalue weighted by Gasteiger charge is 2.36. The van der Waals surface area contributed by atoms with Gasteiger partial charge in [0.05, 0.1) is 11.3 Å². The summed E-state index contributed by atoms with van der Waals surface area (Å²) in [7, 11) is 1.27. The maximum Gasteiger partial charge on any atom is 0.418 e. The van der Waals surface area contributed by atoms with Gasteiger partial charge >= 0.3 is 6.18 Å². The van der Waals surface area contributed by atoms with Gasteiger partial charge in [0.1, 0.15) is 5.56 Å². The molecule has 9 heteroatoms. The van der Waals surface area contributed by atoms with Crippen LogP contribution in [0.2, 0.25) is 0 Å². The first-order valence-electron chi connectivity index (χ1n) is 6.75. The van der Waals surface area contributed by atoms with E-state index < -0.39 is 23.6 Å². The van der Waals surface area contributed by atoms with E-state index in [2.05, 4.69) is 15.3 Å². The zero-order valence-electron chi connectivity index (χ0n) is 13.0. The number of ether oxygens (including phenoxy) is 1. The van der Waals surface area contributed by atoms with Crippen molar-refractivity contribution < 1.29 is 27.1 Å². The Labute approximate surface area is 134 Å². The molecular formula is C15H13F4N3O2. The molecule has 5 nitrogen and oxygen atoms in total. The first kappa shape index (κ1) is 17.6. The van der Waals surface area contributed by atoms with Crippen LogP contribution in [0.1, 0.15) is 27.2 Å². The van der Waals surface area contributed by atoms with Crippen LogP contribution in [0.5, 0.6) is 11.6 Å². The molecule has 0 aromatic carbocycles. The van der Waals surface area contributed by atoms with Gasteiger partial charge in [0, 0.05) is 13.2 Å². The number of carbonyl (C=O) groups is 1. The highest BCUT2D eigenvalue weighted by atomic mass is 19.4. The Balaban J connectivity index is 2.57. The van der Waals surface area contributed by atoms with E-state index >= 15 is 0 Å². The number of alkyl halides is 3. The topological polar surface area (TPSA) is 64.1 Å². The molecule has 0 fully saturated rings. The predicted octanol–water partition coefficient (Wildman–Crippen LogP) is 3.40. The summed E-state index contributed by atoms with van der Waals surface area (Å²) >= 11 is 0. The van der Waals surface area contributed by atoms with E-state index in [-0.39, 0.29) is 28.5 Å². The van der Waals surface area contributed by atoms with E-state index in [4.69, 9.17) is 4.74 Å². The third-order valence-electron chi connectivity index (χ3n) is 3.27. The molecule has 0 bridgehead atoms. The lowest BCUT2D eigenvalue weighted by Crippen LogP contribution is -2.22. The lowest BCUT2D eigenvalue weighted by molar-refractivity contribution is -0.138. The fourth-order valence-corrected chi connectivity index (χ4v) is 2.06. The van der Waals surface area contributed by atoms with Crippen molar-refractivity contribution >= 4 is 5.91 Å². The van der Waals surface area contributed by atoms with E-state index in [1.807, 2.05) is 0 Å². The van der Waals surface area contributed by atoms with Crippen molar-refractivity contribution in [2.24, 2.45) is 0 Å². The van der Waals surface area contributed by atoms with Crippen molar-refractivity contribution in [2.75, 3.05) is 7.05 Å². The summed E-state index contributed by atoms with van der Waals surface area (Å²) in [5.74, 6) is -1.76. The van der Waals surface area contributed by atoms with Crippen molar-refractivity contribution in [3.63, 3.8) is 0 Å². The molecule has 0 saturated carbocycles. The normalized spacial score (nSPS) is 11.3. The van der Waals surface area contributed by atoms with Gasteiger partial charge in [-0.3, -0.25) is 4.79 Å². The van der Waals surface area contributed by atoms with Crippen LogP contribution < -0.4 is 10.1 Å². The minimum atomic E-state index is -4.66. The van der Waals surface area contributed by atoms with Crippen LogP contribution in [0.4, 0.5) is 17.6 Å². The maximum atomic E-state index is 13.0. The minimum Gasteiger partial charge on any atom is -0.436 e. The number of pyridine rings is 2. The van der Waals surface area contributed by atoms with Gasteiger partial charge in [-0.1, -0.05) is 0 Å². The lowest BCUT2D eigenvalue weighted by atomic mass is 10.0. The molecule has 1 N–H and O–H groups in total. The van der Waals surface area contributed by atoms with Gasteiger partial charge in [0.15, 0.2) is 5.75 Å².